The van der Waals surface area contributed by atoms with E-state index in [0.29, 0.717) is 6.54 Å². The average Bonchev–Trinajstić information content (AvgIpc) is 2.65. The van der Waals surface area contributed by atoms with Crippen molar-refractivity contribution in [3.05, 3.63) is 22.5 Å². The van der Waals surface area contributed by atoms with Crippen molar-refractivity contribution in [1.29, 1.82) is 0 Å². The maximum absolute atomic E-state index is 10.4. The summed E-state index contributed by atoms with van der Waals surface area (Å²) in [6, 6.07) is 0. The summed E-state index contributed by atoms with van der Waals surface area (Å²) in [4.78, 5) is 11.9. The van der Waals surface area contributed by atoms with E-state index in [4.69, 9.17) is 0 Å². The molecule has 0 spiro atoms. The average molecular weight is 228 g/mol. The van der Waals surface area contributed by atoms with E-state index >= 15 is 0 Å². The lowest BCUT2D eigenvalue weighted by Crippen LogP contribution is -2.32. The van der Waals surface area contributed by atoms with Gasteiger partial charge in [-0.25, -0.2) is 0 Å². The molecule has 0 bridgehead atoms. The molecule has 1 aromatic heterocycles. The predicted octanol–water partition coefficient (Wildman–Crippen LogP) is 0.104. The van der Waals surface area contributed by atoms with Gasteiger partial charge in [-0.05, 0) is 13.6 Å². The van der Waals surface area contributed by atoms with Crippen LogP contribution >= 0.6 is 0 Å². The van der Waals surface area contributed by atoms with Crippen LogP contribution in [-0.4, -0.2) is 51.0 Å². The van der Waals surface area contributed by atoms with Gasteiger partial charge in [0.05, 0.1) is 17.6 Å². The summed E-state index contributed by atoms with van der Waals surface area (Å²) in [6.07, 6.45) is 1.91. The fraction of sp³-hybridized carbons (Fsp3) is 0.667. The molecule has 0 radical (unpaired) electrons. The predicted molar refractivity (Wildman–Crippen MR) is 58.1 cm³/mol. The summed E-state index contributed by atoms with van der Waals surface area (Å²) >= 11 is 0. The fourth-order valence-electron chi connectivity index (χ4n) is 1.31. The molecule has 90 valence electrons. The molecule has 7 nitrogen and oxygen atoms in total. The molecule has 7 heteroatoms. The van der Waals surface area contributed by atoms with E-state index in [2.05, 4.69) is 5.10 Å². The first kappa shape index (κ1) is 12.6. The zero-order valence-electron chi connectivity index (χ0n) is 9.41. The van der Waals surface area contributed by atoms with Crippen LogP contribution in [0.15, 0.2) is 12.4 Å². The van der Waals surface area contributed by atoms with Crippen molar-refractivity contribution < 1.29 is 10.0 Å². The Morgan fingerprint density at radius 1 is 1.75 bits per heavy atom. The van der Waals surface area contributed by atoms with Gasteiger partial charge in [0.2, 0.25) is 0 Å². The number of likely N-dealkylation sites (N-methyl/N-ethyl adjacent to an activating group) is 1. The summed E-state index contributed by atoms with van der Waals surface area (Å²) in [6.45, 7) is 3.62. The molecule has 0 saturated heterocycles. The summed E-state index contributed by atoms with van der Waals surface area (Å²) in [7, 11) is 1.90. The van der Waals surface area contributed by atoms with Crippen molar-refractivity contribution in [3.63, 3.8) is 0 Å². The molecule has 0 aliphatic carbocycles. The van der Waals surface area contributed by atoms with Crippen molar-refractivity contribution >= 4 is 5.69 Å². The van der Waals surface area contributed by atoms with Crippen LogP contribution < -0.4 is 0 Å². The maximum Gasteiger partial charge on any atom is 0.306 e. The van der Waals surface area contributed by atoms with Gasteiger partial charge in [-0.15, -0.1) is 0 Å². The van der Waals surface area contributed by atoms with Gasteiger partial charge in [0.15, 0.2) is 0 Å². The summed E-state index contributed by atoms with van der Waals surface area (Å²) in [5, 5.41) is 23.9. The summed E-state index contributed by atoms with van der Waals surface area (Å²) < 4.78 is 1.38. The van der Waals surface area contributed by atoms with E-state index in [1.807, 2.05) is 18.9 Å². The number of hydrogen-bond acceptors (Lipinski definition) is 5. The highest BCUT2D eigenvalue weighted by Crippen LogP contribution is 2.08. The van der Waals surface area contributed by atoms with Crippen LogP contribution in [0.3, 0.4) is 0 Å². The van der Waals surface area contributed by atoms with Crippen molar-refractivity contribution in [2.75, 3.05) is 20.1 Å². The van der Waals surface area contributed by atoms with E-state index in [1.165, 1.54) is 17.1 Å². The van der Waals surface area contributed by atoms with Gasteiger partial charge in [-0.3, -0.25) is 14.8 Å². The first-order valence-electron chi connectivity index (χ1n) is 5.06. The van der Waals surface area contributed by atoms with Crippen LogP contribution in [0, 0.1) is 10.1 Å². The van der Waals surface area contributed by atoms with E-state index in [9.17, 15) is 15.2 Å². The molecule has 1 atom stereocenters. The summed E-state index contributed by atoms with van der Waals surface area (Å²) in [5.74, 6) is 0. The lowest BCUT2D eigenvalue weighted by molar-refractivity contribution is -0.385. The molecular weight excluding hydrogens is 212 g/mol. The third-order valence-corrected chi connectivity index (χ3v) is 2.29. The molecule has 1 aromatic rings. The number of aromatic nitrogens is 2. The van der Waals surface area contributed by atoms with Crippen LogP contribution in [0.2, 0.25) is 0 Å². The second-order valence-corrected chi connectivity index (χ2v) is 3.69. The molecule has 1 N–H and O–H groups in total. The Hall–Kier alpha value is -1.47. The number of rotatable bonds is 6. The molecule has 0 fully saturated rings. The fourth-order valence-corrected chi connectivity index (χ4v) is 1.31. The highest BCUT2D eigenvalue weighted by Gasteiger charge is 2.12. The second kappa shape index (κ2) is 5.57. The quantitative estimate of drug-likeness (QED) is 0.551. The van der Waals surface area contributed by atoms with E-state index in [-0.39, 0.29) is 12.2 Å². The van der Waals surface area contributed by atoms with Gasteiger partial charge in [-0.1, -0.05) is 6.92 Å². The first-order chi connectivity index (χ1) is 7.52. The van der Waals surface area contributed by atoms with Gasteiger partial charge >= 0.3 is 5.69 Å². The Labute approximate surface area is 93.4 Å². The van der Waals surface area contributed by atoms with Crippen LogP contribution in [0.25, 0.3) is 0 Å². The minimum Gasteiger partial charge on any atom is -0.390 e. The molecule has 0 aliphatic rings. The van der Waals surface area contributed by atoms with Crippen LogP contribution in [-0.2, 0) is 6.54 Å². The Kier molecular flexibility index (Phi) is 4.39. The Bertz CT molecular complexity index is 352. The minimum absolute atomic E-state index is 0.0592. The third-order valence-electron chi connectivity index (χ3n) is 2.29. The number of hydrogen-bond donors (Lipinski definition) is 1. The molecule has 0 aliphatic heterocycles. The molecule has 0 aromatic carbocycles. The van der Waals surface area contributed by atoms with Crippen molar-refractivity contribution in [3.8, 4) is 0 Å². The summed E-state index contributed by atoms with van der Waals surface area (Å²) in [5.41, 5.74) is -0.0592. The normalized spacial score (nSPS) is 13.0. The number of aliphatic hydroxyl groups excluding tert-OH is 1. The Balaban J connectivity index is 2.49. The third kappa shape index (κ3) is 3.59. The van der Waals surface area contributed by atoms with Crippen molar-refractivity contribution in [1.82, 2.24) is 14.7 Å². The lowest BCUT2D eigenvalue weighted by Gasteiger charge is -2.18. The van der Waals surface area contributed by atoms with Crippen LogP contribution in [0.1, 0.15) is 6.92 Å². The van der Waals surface area contributed by atoms with Crippen LogP contribution in [0.4, 0.5) is 5.69 Å². The topological polar surface area (TPSA) is 84.4 Å². The highest BCUT2D eigenvalue weighted by molar-refractivity contribution is 5.20. The molecule has 0 saturated carbocycles. The van der Waals surface area contributed by atoms with Crippen molar-refractivity contribution in [2.24, 2.45) is 0 Å². The number of nitro groups is 1. The molecule has 16 heavy (non-hydrogen) atoms. The number of nitrogens with zero attached hydrogens (tertiary/aromatic N) is 4. The first-order valence-corrected chi connectivity index (χ1v) is 5.06. The molecule has 1 unspecified atom stereocenters. The van der Waals surface area contributed by atoms with E-state index in [1.54, 1.807) is 0 Å². The van der Waals surface area contributed by atoms with Gasteiger partial charge in [-0.2, -0.15) is 5.10 Å². The lowest BCUT2D eigenvalue weighted by atomic mass is 10.3. The van der Waals surface area contributed by atoms with Crippen molar-refractivity contribution in [2.45, 2.75) is 19.6 Å². The number of aliphatic hydroxyl groups is 1. The Morgan fingerprint density at radius 2 is 2.44 bits per heavy atom. The Morgan fingerprint density at radius 3 is 2.94 bits per heavy atom. The maximum atomic E-state index is 10.4. The molecule has 1 rings (SSSR count). The second-order valence-electron chi connectivity index (χ2n) is 3.69. The molecular formula is C9H16N4O3. The van der Waals surface area contributed by atoms with E-state index < -0.39 is 11.0 Å². The largest absolute Gasteiger partial charge is 0.390 e. The highest BCUT2D eigenvalue weighted by atomic mass is 16.6. The van der Waals surface area contributed by atoms with Crippen LogP contribution in [0.5, 0.6) is 0 Å². The minimum atomic E-state index is -0.579. The SMILES string of the molecule is CCN(C)CC(O)Cn1cc([N+](=O)[O-])cn1. The monoisotopic (exact) mass is 228 g/mol. The van der Waals surface area contributed by atoms with E-state index in [0.717, 1.165) is 6.54 Å². The van der Waals surface area contributed by atoms with Gasteiger partial charge in [0.1, 0.15) is 12.4 Å². The zero-order valence-corrected chi connectivity index (χ0v) is 9.41. The van der Waals surface area contributed by atoms with Gasteiger partial charge in [0, 0.05) is 6.54 Å². The molecule has 0 amide bonds. The zero-order chi connectivity index (χ0) is 12.1. The molecule has 1 heterocycles. The smallest absolute Gasteiger partial charge is 0.306 e. The standard InChI is InChI=1S/C9H16N4O3/c1-3-11(2)6-9(14)7-12-5-8(4-10-12)13(15)16/h4-5,9,14H,3,6-7H2,1-2H3. The van der Waals surface area contributed by atoms with Gasteiger partial charge < -0.3 is 10.0 Å². The van der Waals surface area contributed by atoms with Gasteiger partial charge in [0.25, 0.3) is 0 Å².